The molecule has 2 aromatic heterocycles. The normalized spacial score (nSPS) is 11.4. The van der Waals surface area contributed by atoms with Crippen LogP contribution in [-0.4, -0.2) is 30.4 Å². The summed E-state index contributed by atoms with van der Waals surface area (Å²) in [5, 5.41) is 9.00. The van der Waals surface area contributed by atoms with Crippen molar-refractivity contribution >= 4 is 11.2 Å². The highest BCUT2D eigenvalue weighted by Gasteiger charge is 2.18. The van der Waals surface area contributed by atoms with Crippen LogP contribution in [0.5, 0.6) is 0 Å². The number of hydrogen-bond acceptors (Lipinski definition) is 4. The zero-order valence-corrected chi connectivity index (χ0v) is 14.1. The van der Waals surface area contributed by atoms with Gasteiger partial charge in [0.05, 0.1) is 0 Å². The average molecular weight is 346 g/mol. The summed E-state index contributed by atoms with van der Waals surface area (Å²) in [7, 11) is 1.56. The number of aliphatic hydroxyl groups excluding tert-OH is 1. The van der Waals surface area contributed by atoms with Gasteiger partial charge in [0.2, 0.25) is 0 Å². The Morgan fingerprint density at radius 3 is 2.48 bits per heavy atom. The molecule has 0 bridgehead atoms. The number of nitrogens with zero attached hydrogens (tertiary/aromatic N) is 4. The molecule has 0 aliphatic rings. The summed E-state index contributed by atoms with van der Waals surface area (Å²) in [6.45, 7) is 2.13. The Bertz CT molecular complexity index is 1030. The van der Waals surface area contributed by atoms with Crippen LogP contribution in [0.3, 0.4) is 0 Å². The fourth-order valence-electron chi connectivity index (χ4n) is 2.87. The Morgan fingerprint density at radius 1 is 1.16 bits per heavy atom. The van der Waals surface area contributed by atoms with E-state index in [1.807, 2.05) is 0 Å². The number of rotatable bonds is 5. The first-order chi connectivity index (χ1) is 11.9. The van der Waals surface area contributed by atoms with E-state index in [-0.39, 0.29) is 19.0 Å². The van der Waals surface area contributed by atoms with Gasteiger partial charge >= 0.3 is 5.69 Å². The Labute approximate surface area is 142 Å². The van der Waals surface area contributed by atoms with Crippen LogP contribution in [0.25, 0.3) is 11.2 Å². The van der Waals surface area contributed by atoms with Gasteiger partial charge in [-0.15, -0.1) is 0 Å². The molecule has 0 radical (unpaired) electrons. The first-order valence-electron chi connectivity index (χ1n) is 7.96. The number of aromatic nitrogens is 4. The molecule has 8 heteroatoms. The molecule has 0 saturated carbocycles. The molecule has 25 heavy (non-hydrogen) atoms. The molecule has 3 rings (SSSR count). The maximum Gasteiger partial charge on any atom is 0.332 e. The highest BCUT2D eigenvalue weighted by Crippen LogP contribution is 2.14. The van der Waals surface area contributed by atoms with E-state index in [2.05, 4.69) is 4.98 Å². The quantitative estimate of drug-likeness (QED) is 0.740. The van der Waals surface area contributed by atoms with Crippen molar-refractivity contribution in [3.8, 4) is 0 Å². The Kier molecular flexibility index (Phi) is 4.54. The Hall–Kier alpha value is -2.74. The van der Waals surface area contributed by atoms with Crippen molar-refractivity contribution < 1.29 is 9.50 Å². The van der Waals surface area contributed by atoms with Crippen molar-refractivity contribution in [2.45, 2.75) is 26.4 Å². The molecule has 1 aromatic carbocycles. The SMILES string of the molecule is Cc1nc2c(c(=O)n(CCCO)c(=O)n2C)n1Cc1ccc(F)cc1. The zero-order valence-electron chi connectivity index (χ0n) is 14.1. The van der Waals surface area contributed by atoms with E-state index in [0.717, 1.165) is 10.1 Å². The minimum absolute atomic E-state index is 0.110. The number of imidazole rings is 1. The van der Waals surface area contributed by atoms with Gasteiger partial charge in [-0.05, 0) is 31.0 Å². The van der Waals surface area contributed by atoms with Crippen molar-refractivity contribution in [3.63, 3.8) is 0 Å². The third-order valence-corrected chi connectivity index (χ3v) is 4.22. The van der Waals surface area contributed by atoms with Gasteiger partial charge in [0.25, 0.3) is 5.56 Å². The number of fused-ring (bicyclic) bond motifs is 1. The molecule has 0 spiro atoms. The fourth-order valence-corrected chi connectivity index (χ4v) is 2.87. The molecular formula is C17H19FN4O3. The van der Waals surface area contributed by atoms with Crippen LogP contribution in [0.2, 0.25) is 0 Å². The molecule has 0 saturated heterocycles. The van der Waals surface area contributed by atoms with E-state index >= 15 is 0 Å². The summed E-state index contributed by atoms with van der Waals surface area (Å²) < 4.78 is 17.3. The average Bonchev–Trinajstić information content (AvgIpc) is 2.92. The third kappa shape index (κ3) is 3.00. The zero-order chi connectivity index (χ0) is 18.1. The van der Waals surface area contributed by atoms with Crippen LogP contribution in [0.15, 0.2) is 33.9 Å². The topological polar surface area (TPSA) is 82.1 Å². The smallest absolute Gasteiger partial charge is 0.332 e. The molecule has 3 aromatic rings. The predicted octanol–water partition coefficient (Wildman–Crippen LogP) is 0.775. The molecule has 0 aliphatic heterocycles. The lowest BCUT2D eigenvalue weighted by Crippen LogP contribution is -2.39. The van der Waals surface area contributed by atoms with E-state index in [1.165, 1.54) is 16.7 Å². The van der Waals surface area contributed by atoms with Gasteiger partial charge in [0.1, 0.15) is 11.6 Å². The lowest BCUT2D eigenvalue weighted by molar-refractivity contribution is 0.277. The highest BCUT2D eigenvalue weighted by atomic mass is 19.1. The second kappa shape index (κ2) is 6.64. The number of benzene rings is 1. The first kappa shape index (κ1) is 17.1. The largest absolute Gasteiger partial charge is 0.396 e. The van der Waals surface area contributed by atoms with Crippen LogP contribution < -0.4 is 11.2 Å². The molecule has 0 fully saturated rings. The minimum atomic E-state index is -0.461. The monoisotopic (exact) mass is 346 g/mol. The number of aryl methyl sites for hydroxylation is 2. The van der Waals surface area contributed by atoms with E-state index in [4.69, 9.17) is 5.11 Å². The fraction of sp³-hybridized carbons (Fsp3) is 0.353. The molecule has 0 aliphatic carbocycles. The summed E-state index contributed by atoms with van der Waals surface area (Å²) in [6.07, 6.45) is 0.311. The molecule has 7 nitrogen and oxygen atoms in total. The van der Waals surface area contributed by atoms with Gasteiger partial charge in [-0.25, -0.2) is 14.2 Å². The molecule has 1 N–H and O–H groups in total. The molecule has 0 amide bonds. The molecule has 0 atom stereocenters. The van der Waals surface area contributed by atoms with Gasteiger partial charge in [0.15, 0.2) is 11.2 Å². The van der Waals surface area contributed by atoms with Gasteiger partial charge in [0, 0.05) is 26.7 Å². The van der Waals surface area contributed by atoms with E-state index in [0.29, 0.717) is 30.0 Å². The van der Waals surface area contributed by atoms with Crippen LogP contribution in [-0.2, 0) is 20.1 Å². The summed E-state index contributed by atoms with van der Waals surface area (Å²) in [5.74, 6) is 0.260. The predicted molar refractivity (Wildman–Crippen MR) is 91.2 cm³/mol. The van der Waals surface area contributed by atoms with Crippen LogP contribution in [0, 0.1) is 12.7 Å². The lowest BCUT2D eigenvalue weighted by atomic mass is 10.2. The van der Waals surface area contributed by atoms with Crippen molar-refractivity contribution in [1.29, 1.82) is 0 Å². The second-order valence-electron chi connectivity index (χ2n) is 5.92. The first-order valence-corrected chi connectivity index (χ1v) is 7.96. The van der Waals surface area contributed by atoms with Crippen molar-refractivity contribution in [1.82, 2.24) is 18.7 Å². The molecular weight excluding hydrogens is 327 g/mol. The molecule has 2 heterocycles. The number of hydrogen-bond donors (Lipinski definition) is 1. The summed E-state index contributed by atoms with van der Waals surface area (Å²) >= 11 is 0. The molecule has 132 valence electrons. The van der Waals surface area contributed by atoms with Gasteiger partial charge < -0.3 is 9.67 Å². The standard InChI is InChI=1S/C17H19FN4O3/c1-11-19-15-14(22(11)10-12-4-6-13(18)7-5-12)16(24)21(8-3-9-23)17(25)20(15)2/h4-7,23H,3,8-10H2,1-2H3. The maximum absolute atomic E-state index is 13.1. The molecule has 0 unspecified atom stereocenters. The van der Waals surface area contributed by atoms with Crippen molar-refractivity contribution in [2.75, 3.05) is 6.61 Å². The maximum atomic E-state index is 13.1. The van der Waals surface area contributed by atoms with E-state index in [9.17, 15) is 14.0 Å². The minimum Gasteiger partial charge on any atom is -0.396 e. The third-order valence-electron chi connectivity index (χ3n) is 4.22. The number of aliphatic hydroxyl groups is 1. The highest BCUT2D eigenvalue weighted by molar-refractivity contribution is 5.71. The van der Waals surface area contributed by atoms with Crippen LogP contribution in [0.4, 0.5) is 4.39 Å². The van der Waals surface area contributed by atoms with Gasteiger partial charge in [-0.3, -0.25) is 13.9 Å². The Balaban J connectivity index is 2.20. The van der Waals surface area contributed by atoms with Crippen molar-refractivity contribution in [3.05, 3.63) is 62.3 Å². The van der Waals surface area contributed by atoms with E-state index < -0.39 is 11.2 Å². The number of halogens is 1. The van der Waals surface area contributed by atoms with Crippen LogP contribution >= 0.6 is 0 Å². The summed E-state index contributed by atoms with van der Waals surface area (Å²) in [4.78, 5) is 29.6. The second-order valence-corrected chi connectivity index (χ2v) is 5.92. The summed E-state index contributed by atoms with van der Waals surface area (Å²) in [5.41, 5.74) is 0.558. The van der Waals surface area contributed by atoms with Gasteiger partial charge in [-0.1, -0.05) is 12.1 Å². The lowest BCUT2D eigenvalue weighted by Gasteiger charge is -2.10. The van der Waals surface area contributed by atoms with Gasteiger partial charge in [-0.2, -0.15) is 0 Å². The van der Waals surface area contributed by atoms with Crippen LogP contribution in [0.1, 0.15) is 17.8 Å². The summed E-state index contributed by atoms with van der Waals surface area (Å²) in [6, 6.07) is 6.01. The van der Waals surface area contributed by atoms with E-state index in [1.54, 1.807) is 30.7 Å². The Morgan fingerprint density at radius 2 is 1.84 bits per heavy atom. The van der Waals surface area contributed by atoms with Crippen molar-refractivity contribution in [2.24, 2.45) is 7.05 Å².